The second kappa shape index (κ2) is 6.56. The number of benzene rings is 1. The minimum absolute atomic E-state index is 0.145. The third-order valence-corrected chi connectivity index (χ3v) is 2.83. The Morgan fingerprint density at radius 3 is 2.48 bits per heavy atom. The summed E-state index contributed by atoms with van der Waals surface area (Å²) in [5.74, 6) is -1.25. The van der Waals surface area contributed by atoms with Gasteiger partial charge in [0, 0.05) is 23.0 Å². The van der Waals surface area contributed by atoms with Crippen LogP contribution >= 0.6 is 0 Å². The molecule has 2 N–H and O–H groups in total. The van der Waals surface area contributed by atoms with Crippen molar-refractivity contribution >= 4 is 17.5 Å². The van der Waals surface area contributed by atoms with Crippen molar-refractivity contribution in [1.29, 1.82) is 0 Å². The van der Waals surface area contributed by atoms with Crippen LogP contribution in [0.4, 0.5) is 10.1 Å². The molecule has 6 heteroatoms. The molecule has 1 aromatic carbocycles. The van der Waals surface area contributed by atoms with Crippen LogP contribution < -0.4 is 10.6 Å². The van der Waals surface area contributed by atoms with Gasteiger partial charge in [0.25, 0.3) is 11.8 Å². The summed E-state index contributed by atoms with van der Waals surface area (Å²) >= 11 is 0. The number of carbonyl (C=O) groups is 2. The molecule has 0 aliphatic rings. The van der Waals surface area contributed by atoms with E-state index in [0.717, 1.165) is 0 Å². The normalized spacial score (nSPS) is 11.0. The van der Waals surface area contributed by atoms with Crippen LogP contribution in [0.3, 0.4) is 0 Å². The number of pyridine rings is 1. The maximum Gasteiger partial charge on any atom is 0.270 e. The van der Waals surface area contributed by atoms with Crippen molar-refractivity contribution < 1.29 is 14.0 Å². The fourth-order valence-corrected chi connectivity index (χ4v) is 1.87. The van der Waals surface area contributed by atoms with Crippen molar-refractivity contribution in [3.63, 3.8) is 0 Å². The molecule has 23 heavy (non-hydrogen) atoms. The molecule has 0 radical (unpaired) electrons. The van der Waals surface area contributed by atoms with Crippen molar-refractivity contribution in [1.82, 2.24) is 10.3 Å². The van der Waals surface area contributed by atoms with Gasteiger partial charge >= 0.3 is 0 Å². The van der Waals surface area contributed by atoms with E-state index >= 15 is 0 Å². The van der Waals surface area contributed by atoms with Crippen LogP contribution in [0.1, 0.15) is 41.6 Å². The quantitative estimate of drug-likeness (QED) is 0.914. The standard InChI is InChI=1S/C17H18FN3O2/c1-17(2,3)21-16(23)14-9-11(7-8-19-14)15(22)20-13-6-4-5-12(18)10-13/h4-10H,1-3H3,(H,20,22)(H,21,23). The zero-order valence-electron chi connectivity index (χ0n) is 13.2. The van der Waals surface area contributed by atoms with Gasteiger partial charge in [-0.25, -0.2) is 4.39 Å². The molecular weight excluding hydrogens is 297 g/mol. The molecule has 0 atom stereocenters. The molecule has 2 rings (SSSR count). The van der Waals surface area contributed by atoms with Crippen LogP contribution in [-0.4, -0.2) is 22.3 Å². The molecule has 0 saturated carbocycles. The van der Waals surface area contributed by atoms with Crippen molar-refractivity contribution in [3.8, 4) is 0 Å². The number of anilines is 1. The van der Waals surface area contributed by atoms with E-state index in [-0.39, 0.29) is 17.2 Å². The Kier molecular flexibility index (Phi) is 4.74. The summed E-state index contributed by atoms with van der Waals surface area (Å²) in [4.78, 5) is 28.3. The number of halogens is 1. The SMILES string of the molecule is CC(C)(C)NC(=O)c1cc(C(=O)Nc2cccc(F)c2)ccn1. The number of carbonyl (C=O) groups excluding carboxylic acids is 2. The number of hydrogen-bond donors (Lipinski definition) is 2. The van der Waals surface area contributed by atoms with Crippen LogP contribution in [0.15, 0.2) is 42.6 Å². The number of amides is 2. The number of nitrogens with zero attached hydrogens (tertiary/aromatic N) is 1. The van der Waals surface area contributed by atoms with Crippen molar-refractivity contribution in [2.75, 3.05) is 5.32 Å². The van der Waals surface area contributed by atoms with E-state index in [2.05, 4.69) is 15.6 Å². The Hall–Kier alpha value is -2.76. The summed E-state index contributed by atoms with van der Waals surface area (Å²) < 4.78 is 13.1. The fourth-order valence-electron chi connectivity index (χ4n) is 1.87. The van der Waals surface area contributed by atoms with Crippen LogP contribution in [-0.2, 0) is 0 Å². The van der Waals surface area contributed by atoms with E-state index in [0.29, 0.717) is 5.69 Å². The maximum atomic E-state index is 13.1. The molecule has 120 valence electrons. The lowest BCUT2D eigenvalue weighted by Gasteiger charge is -2.20. The van der Waals surface area contributed by atoms with Crippen LogP contribution in [0.25, 0.3) is 0 Å². The lowest BCUT2D eigenvalue weighted by atomic mass is 10.1. The zero-order chi connectivity index (χ0) is 17.0. The third-order valence-electron chi connectivity index (χ3n) is 2.83. The summed E-state index contributed by atoms with van der Waals surface area (Å²) in [6.07, 6.45) is 1.39. The first-order valence-electron chi connectivity index (χ1n) is 7.10. The molecule has 0 bridgehead atoms. The molecule has 0 unspecified atom stereocenters. The first-order chi connectivity index (χ1) is 10.7. The van der Waals surface area contributed by atoms with Gasteiger partial charge < -0.3 is 10.6 Å². The van der Waals surface area contributed by atoms with Crippen LogP contribution in [0, 0.1) is 5.82 Å². The molecule has 0 saturated heterocycles. The maximum absolute atomic E-state index is 13.1. The molecule has 0 aliphatic heterocycles. The molecule has 1 heterocycles. The highest BCUT2D eigenvalue weighted by atomic mass is 19.1. The second-order valence-electron chi connectivity index (χ2n) is 6.10. The number of nitrogens with one attached hydrogen (secondary N) is 2. The van der Waals surface area contributed by atoms with Crippen LogP contribution in [0.2, 0.25) is 0 Å². The van der Waals surface area contributed by atoms with E-state index in [9.17, 15) is 14.0 Å². The molecule has 0 fully saturated rings. The molecule has 2 aromatic rings. The van der Waals surface area contributed by atoms with Gasteiger partial charge in [0.2, 0.25) is 0 Å². The first-order valence-corrected chi connectivity index (χ1v) is 7.10. The highest BCUT2D eigenvalue weighted by Gasteiger charge is 2.17. The van der Waals surface area contributed by atoms with Crippen LogP contribution in [0.5, 0.6) is 0 Å². The average Bonchev–Trinajstić information content (AvgIpc) is 2.45. The minimum Gasteiger partial charge on any atom is -0.346 e. The second-order valence-corrected chi connectivity index (χ2v) is 6.10. The lowest BCUT2D eigenvalue weighted by Crippen LogP contribution is -2.41. The largest absolute Gasteiger partial charge is 0.346 e. The Bertz CT molecular complexity index is 739. The summed E-state index contributed by atoms with van der Waals surface area (Å²) in [6.45, 7) is 5.56. The van der Waals surface area contributed by atoms with Gasteiger partial charge in [-0.2, -0.15) is 0 Å². The number of aromatic nitrogens is 1. The van der Waals surface area contributed by atoms with Gasteiger partial charge in [0.15, 0.2) is 0 Å². The predicted molar refractivity (Wildman–Crippen MR) is 85.8 cm³/mol. The topological polar surface area (TPSA) is 71.1 Å². The Morgan fingerprint density at radius 1 is 1.09 bits per heavy atom. The van der Waals surface area contributed by atoms with E-state index in [1.54, 1.807) is 6.07 Å². The smallest absolute Gasteiger partial charge is 0.270 e. The monoisotopic (exact) mass is 315 g/mol. The van der Waals surface area contributed by atoms with Crippen molar-refractivity contribution in [3.05, 3.63) is 59.7 Å². The number of rotatable bonds is 3. The minimum atomic E-state index is -0.442. The first kappa shape index (κ1) is 16.6. The number of hydrogen-bond acceptors (Lipinski definition) is 3. The van der Waals surface area contributed by atoms with Gasteiger partial charge in [0.1, 0.15) is 11.5 Å². The molecular formula is C17H18FN3O2. The summed E-state index contributed by atoms with van der Waals surface area (Å²) in [7, 11) is 0. The van der Waals surface area contributed by atoms with Gasteiger partial charge in [-0.3, -0.25) is 14.6 Å². The Balaban J connectivity index is 2.16. The van der Waals surface area contributed by atoms with E-state index in [1.165, 1.54) is 36.5 Å². The summed E-state index contributed by atoms with van der Waals surface area (Å²) in [5.41, 5.74) is 0.348. The zero-order valence-corrected chi connectivity index (χ0v) is 13.2. The van der Waals surface area contributed by atoms with E-state index < -0.39 is 17.3 Å². The molecule has 5 nitrogen and oxygen atoms in total. The van der Waals surface area contributed by atoms with Crippen molar-refractivity contribution in [2.24, 2.45) is 0 Å². The summed E-state index contributed by atoms with van der Waals surface area (Å²) in [6, 6.07) is 8.47. The van der Waals surface area contributed by atoms with E-state index in [1.807, 2.05) is 20.8 Å². The highest BCUT2D eigenvalue weighted by molar-refractivity contribution is 6.05. The Morgan fingerprint density at radius 2 is 1.83 bits per heavy atom. The molecule has 2 amide bonds. The average molecular weight is 315 g/mol. The van der Waals surface area contributed by atoms with Gasteiger partial charge in [-0.15, -0.1) is 0 Å². The van der Waals surface area contributed by atoms with Gasteiger partial charge in [-0.1, -0.05) is 6.07 Å². The highest BCUT2D eigenvalue weighted by Crippen LogP contribution is 2.12. The van der Waals surface area contributed by atoms with Gasteiger partial charge in [0.05, 0.1) is 0 Å². The predicted octanol–water partition coefficient (Wildman–Crippen LogP) is 3.00. The molecule has 0 spiro atoms. The third kappa shape index (κ3) is 4.88. The van der Waals surface area contributed by atoms with Gasteiger partial charge in [-0.05, 0) is 51.1 Å². The molecule has 0 aliphatic carbocycles. The fraction of sp³-hybridized carbons (Fsp3) is 0.235. The lowest BCUT2D eigenvalue weighted by molar-refractivity contribution is 0.0914. The summed E-state index contributed by atoms with van der Waals surface area (Å²) in [5, 5.41) is 5.35. The van der Waals surface area contributed by atoms with Crippen molar-refractivity contribution in [2.45, 2.75) is 26.3 Å². The van der Waals surface area contributed by atoms with E-state index in [4.69, 9.17) is 0 Å². The Labute approximate surface area is 133 Å². The molecule has 1 aromatic heterocycles.